The quantitative estimate of drug-likeness (QED) is 0.910. The highest BCUT2D eigenvalue weighted by Crippen LogP contribution is 2.28. The lowest BCUT2D eigenvalue weighted by Gasteiger charge is -2.22. The van der Waals surface area contributed by atoms with Gasteiger partial charge in [-0.1, -0.05) is 12.1 Å². The molecule has 1 fully saturated rings. The average molecular weight is 275 g/mol. The van der Waals surface area contributed by atoms with E-state index < -0.39 is 0 Å². The van der Waals surface area contributed by atoms with Gasteiger partial charge in [0.25, 0.3) is 0 Å². The summed E-state index contributed by atoms with van der Waals surface area (Å²) in [5.74, 6) is -0.290. The zero-order chi connectivity index (χ0) is 14.5. The lowest BCUT2D eigenvalue weighted by atomic mass is 10.2. The molecule has 1 aromatic rings. The van der Waals surface area contributed by atoms with E-state index in [4.69, 9.17) is 0 Å². The van der Waals surface area contributed by atoms with Crippen LogP contribution in [0.25, 0.3) is 0 Å². The number of anilines is 2. The molecule has 5 nitrogen and oxygen atoms in total. The number of nitrogens with zero attached hydrogens (tertiary/aromatic N) is 2. The van der Waals surface area contributed by atoms with Crippen molar-refractivity contribution in [1.82, 2.24) is 4.90 Å². The van der Waals surface area contributed by atoms with Crippen LogP contribution in [0.3, 0.4) is 0 Å². The van der Waals surface area contributed by atoms with Gasteiger partial charge in [0.2, 0.25) is 11.8 Å². The fraction of sp³-hybridized carbons (Fsp3) is 0.467. The first-order chi connectivity index (χ1) is 9.58. The second kappa shape index (κ2) is 6.41. The largest absolute Gasteiger partial charge is 0.370 e. The number of carbonyl (C=O) groups is 2. The van der Waals surface area contributed by atoms with Crippen LogP contribution < -0.4 is 10.2 Å². The standard InChI is InChI=1S/C15H21N3O2/c1-12(19)17(2)11-15(20)16-13-7-3-4-8-14(13)18-9-5-6-10-18/h3-4,7-8H,5-6,9-11H2,1-2H3,(H,16,20). The zero-order valence-electron chi connectivity index (χ0n) is 12.1. The fourth-order valence-electron chi connectivity index (χ4n) is 2.33. The van der Waals surface area contributed by atoms with E-state index in [-0.39, 0.29) is 18.4 Å². The number of amides is 2. The summed E-state index contributed by atoms with van der Waals surface area (Å²) in [5, 5.41) is 2.90. The van der Waals surface area contributed by atoms with Crippen molar-refractivity contribution in [2.24, 2.45) is 0 Å². The van der Waals surface area contributed by atoms with E-state index in [1.165, 1.54) is 24.7 Å². The van der Waals surface area contributed by atoms with Gasteiger partial charge in [-0.2, -0.15) is 0 Å². The van der Waals surface area contributed by atoms with E-state index in [0.717, 1.165) is 24.5 Å². The summed E-state index contributed by atoms with van der Waals surface area (Å²) < 4.78 is 0. The van der Waals surface area contributed by atoms with Crippen LogP contribution in [-0.4, -0.2) is 43.4 Å². The van der Waals surface area contributed by atoms with E-state index in [2.05, 4.69) is 10.2 Å². The second-order valence-corrected chi connectivity index (χ2v) is 5.13. The van der Waals surface area contributed by atoms with Crippen LogP contribution >= 0.6 is 0 Å². The average Bonchev–Trinajstić information content (AvgIpc) is 2.92. The number of hydrogen-bond donors (Lipinski definition) is 1. The first-order valence-electron chi connectivity index (χ1n) is 6.93. The highest BCUT2D eigenvalue weighted by Gasteiger charge is 2.17. The maximum Gasteiger partial charge on any atom is 0.244 e. The topological polar surface area (TPSA) is 52.7 Å². The molecule has 108 valence electrons. The third-order valence-electron chi connectivity index (χ3n) is 3.54. The normalized spacial score (nSPS) is 14.2. The number of para-hydroxylation sites is 2. The lowest BCUT2D eigenvalue weighted by molar-refractivity contribution is -0.131. The van der Waals surface area contributed by atoms with Crippen LogP contribution in [0.4, 0.5) is 11.4 Å². The molecule has 0 atom stereocenters. The molecule has 2 rings (SSSR count). The Morgan fingerprint density at radius 1 is 1.25 bits per heavy atom. The Hall–Kier alpha value is -2.04. The molecule has 1 N–H and O–H groups in total. The van der Waals surface area contributed by atoms with E-state index in [1.54, 1.807) is 7.05 Å². The van der Waals surface area contributed by atoms with Crippen LogP contribution in [0.15, 0.2) is 24.3 Å². The molecule has 0 unspecified atom stereocenters. The molecule has 5 heteroatoms. The third kappa shape index (κ3) is 3.50. The highest BCUT2D eigenvalue weighted by atomic mass is 16.2. The molecule has 0 bridgehead atoms. The van der Waals surface area contributed by atoms with E-state index in [0.29, 0.717) is 0 Å². The summed E-state index contributed by atoms with van der Waals surface area (Å²) in [5.41, 5.74) is 1.88. The summed E-state index contributed by atoms with van der Waals surface area (Å²) in [6, 6.07) is 7.81. The van der Waals surface area contributed by atoms with Crippen molar-refractivity contribution >= 4 is 23.2 Å². The number of rotatable bonds is 4. The Bertz CT molecular complexity index is 496. The van der Waals surface area contributed by atoms with Gasteiger partial charge in [-0.05, 0) is 25.0 Å². The molecule has 0 aliphatic carbocycles. The molecular formula is C15H21N3O2. The maximum absolute atomic E-state index is 12.0. The Morgan fingerprint density at radius 3 is 2.55 bits per heavy atom. The molecular weight excluding hydrogens is 254 g/mol. The van der Waals surface area contributed by atoms with Crippen molar-refractivity contribution in [3.8, 4) is 0 Å². The Kier molecular flexibility index (Phi) is 4.61. The van der Waals surface area contributed by atoms with Crippen LogP contribution in [0.2, 0.25) is 0 Å². The smallest absolute Gasteiger partial charge is 0.244 e. The van der Waals surface area contributed by atoms with Gasteiger partial charge in [0.15, 0.2) is 0 Å². The number of hydrogen-bond acceptors (Lipinski definition) is 3. The first-order valence-corrected chi connectivity index (χ1v) is 6.93. The molecule has 0 radical (unpaired) electrons. The van der Waals surface area contributed by atoms with Gasteiger partial charge < -0.3 is 15.1 Å². The molecule has 1 saturated heterocycles. The summed E-state index contributed by atoms with van der Waals surface area (Å²) >= 11 is 0. The van der Waals surface area contributed by atoms with Crippen molar-refractivity contribution in [3.63, 3.8) is 0 Å². The van der Waals surface area contributed by atoms with Crippen molar-refractivity contribution in [1.29, 1.82) is 0 Å². The van der Waals surface area contributed by atoms with Gasteiger partial charge in [0, 0.05) is 27.1 Å². The summed E-state index contributed by atoms with van der Waals surface area (Å²) in [4.78, 5) is 26.8. The predicted molar refractivity (Wildman–Crippen MR) is 79.8 cm³/mol. The van der Waals surface area contributed by atoms with Crippen LogP contribution in [0.5, 0.6) is 0 Å². The van der Waals surface area contributed by atoms with Gasteiger partial charge >= 0.3 is 0 Å². The number of benzene rings is 1. The van der Waals surface area contributed by atoms with Crippen LogP contribution in [0.1, 0.15) is 19.8 Å². The second-order valence-electron chi connectivity index (χ2n) is 5.13. The minimum atomic E-state index is -0.172. The zero-order valence-corrected chi connectivity index (χ0v) is 12.1. The Labute approximate surface area is 119 Å². The predicted octanol–water partition coefficient (Wildman–Crippen LogP) is 1.70. The van der Waals surface area contributed by atoms with Gasteiger partial charge in [-0.25, -0.2) is 0 Å². The summed E-state index contributed by atoms with van der Waals surface area (Å²) in [6.45, 7) is 3.58. The lowest BCUT2D eigenvalue weighted by Crippen LogP contribution is -2.33. The van der Waals surface area contributed by atoms with Crippen molar-refractivity contribution < 1.29 is 9.59 Å². The summed E-state index contributed by atoms with van der Waals surface area (Å²) in [7, 11) is 1.62. The molecule has 1 aliphatic rings. The monoisotopic (exact) mass is 275 g/mol. The van der Waals surface area contributed by atoms with Crippen LogP contribution in [-0.2, 0) is 9.59 Å². The molecule has 1 aromatic carbocycles. The summed E-state index contributed by atoms with van der Waals surface area (Å²) in [6.07, 6.45) is 2.38. The number of nitrogens with one attached hydrogen (secondary N) is 1. The van der Waals surface area contributed by atoms with E-state index in [1.807, 2.05) is 24.3 Å². The Balaban J connectivity index is 2.05. The van der Waals surface area contributed by atoms with Crippen molar-refractivity contribution in [2.75, 3.05) is 36.9 Å². The molecule has 1 heterocycles. The third-order valence-corrected chi connectivity index (χ3v) is 3.54. The molecule has 0 spiro atoms. The molecule has 2 amide bonds. The minimum Gasteiger partial charge on any atom is -0.370 e. The molecule has 0 aromatic heterocycles. The first kappa shape index (κ1) is 14.4. The van der Waals surface area contributed by atoms with Gasteiger partial charge in [-0.3, -0.25) is 9.59 Å². The van der Waals surface area contributed by atoms with Crippen LogP contribution in [0, 0.1) is 0 Å². The van der Waals surface area contributed by atoms with Gasteiger partial charge in [-0.15, -0.1) is 0 Å². The van der Waals surface area contributed by atoms with Gasteiger partial charge in [0.1, 0.15) is 0 Å². The Morgan fingerprint density at radius 2 is 1.90 bits per heavy atom. The van der Waals surface area contributed by atoms with Crippen molar-refractivity contribution in [3.05, 3.63) is 24.3 Å². The number of likely N-dealkylation sites (N-methyl/N-ethyl adjacent to an activating group) is 1. The van der Waals surface area contributed by atoms with Crippen molar-refractivity contribution in [2.45, 2.75) is 19.8 Å². The van der Waals surface area contributed by atoms with Gasteiger partial charge in [0.05, 0.1) is 17.9 Å². The maximum atomic E-state index is 12.0. The minimum absolute atomic E-state index is 0.0731. The van der Waals surface area contributed by atoms with E-state index >= 15 is 0 Å². The molecule has 20 heavy (non-hydrogen) atoms. The molecule has 0 saturated carbocycles. The molecule has 1 aliphatic heterocycles. The SMILES string of the molecule is CC(=O)N(C)CC(=O)Nc1ccccc1N1CCCC1. The number of carbonyl (C=O) groups excluding carboxylic acids is 2. The van der Waals surface area contributed by atoms with E-state index in [9.17, 15) is 9.59 Å². The highest BCUT2D eigenvalue weighted by molar-refractivity contribution is 5.97. The fourth-order valence-corrected chi connectivity index (χ4v) is 2.33.